The third-order valence-electron chi connectivity index (χ3n) is 3.21. The highest BCUT2D eigenvalue weighted by molar-refractivity contribution is 5.78. The van der Waals surface area contributed by atoms with Gasteiger partial charge in [0.05, 0.1) is 17.6 Å². The van der Waals surface area contributed by atoms with Crippen LogP contribution in [0.1, 0.15) is 19.4 Å². The number of imidazole rings is 1. The molecule has 1 heterocycles. The van der Waals surface area contributed by atoms with Crippen molar-refractivity contribution in [1.29, 1.82) is 0 Å². The number of carbonyl (C=O) groups excluding carboxylic acids is 1. The van der Waals surface area contributed by atoms with Crippen molar-refractivity contribution in [2.75, 3.05) is 13.1 Å². The molecule has 0 unspecified atom stereocenters. The normalized spacial score (nSPS) is 11.7. The molecule has 0 atom stereocenters. The van der Waals surface area contributed by atoms with Crippen LogP contribution in [0.25, 0.3) is 11.0 Å². The van der Waals surface area contributed by atoms with E-state index in [2.05, 4.69) is 15.3 Å². The molecular weight excluding hydrogens is 244 g/mol. The number of rotatable bonds is 4. The van der Waals surface area contributed by atoms with Gasteiger partial charge in [-0.2, -0.15) is 0 Å². The molecule has 0 bridgehead atoms. The van der Waals surface area contributed by atoms with Crippen LogP contribution in [-0.2, 0) is 10.2 Å². The molecule has 1 aromatic heterocycles. The Hall–Kier alpha value is -2.08. The molecule has 0 fully saturated rings. The zero-order valence-electron chi connectivity index (χ0n) is 11.0. The second-order valence-electron chi connectivity index (χ2n) is 5.20. The van der Waals surface area contributed by atoms with Crippen LogP contribution in [0.15, 0.2) is 23.0 Å². The molecule has 6 nitrogen and oxygen atoms in total. The van der Waals surface area contributed by atoms with Crippen molar-refractivity contribution in [1.82, 2.24) is 15.3 Å². The van der Waals surface area contributed by atoms with E-state index in [-0.39, 0.29) is 23.6 Å². The van der Waals surface area contributed by atoms with Gasteiger partial charge in [-0.05, 0) is 17.7 Å². The molecule has 0 aliphatic rings. The van der Waals surface area contributed by atoms with Crippen molar-refractivity contribution in [3.8, 4) is 0 Å². The maximum absolute atomic E-state index is 11.2. The summed E-state index contributed by atoms with van der Waals surface area (Å²) in [6.45, 7) is 4.52. The van der Waals surface area contributed by atoms with E-state index in [1.807, 2.05) is 32.0 Å². The average molecular weight is 262 g/mol. The first-order valence-electron chi connectivity index (χ1n) is 6.12. The monoisotopic (exact) mass is 262 g/mol. The van der Waals surface area contributed by atoms with E-state index in [1.54, 1.807) is 0 Å². The summed E-state index contributed by atoms with van der Waals surface area (Å²) in [7, 11) is 0. The van der Waals surface area contributed by atoms with Gasteiger partial charge < -0.3 is 21.0 Å². The zero-order valence-corrected chi connectivity index (χ0v) is 11.0. The molecule has 19 heavy (non-hydrogen) atoms. The van der Waals surface area contributed by atoms with E-state index in [9.17, 15) is 9.59 Å². The number of H-pyrrole nitrogens is 2. The van der Waals surface area contributed by atoms with Gasteiger partial charge in [-0.3, -0.25) is 4.79 Å². The summed E-state index contributed by atoms with van der Waals surface area (Å²) >= 11 is 0. The Kier molecular flexibility index (Phi) is 3.44. The number of amides is 1. The molecule has 0 aliphatic carbocycles. The highest BCUT2D eigenvalue weighted by Gasteiger charge is 2.21. The minimum atomic E-state index is -0.243. The zero-order chi connectivity index (χ0) is 14.0. The van der Waals surface area contributed by atoms with E-state index < -0.39 is 0 Å². The molecule has 0 saturated heterocycles. The van der Waals surface area contributed by atoms with Crippen LogP contribution in [0.4, 0.5) is 0 Å². The predicted octanol–water partition coefficient (Wildman–Crippen LogP) is 0.209. The van der Waals surface area contributed by atoms with Crippen molar-refractivity contribution in [3.63, 3.8) is 0 Å². The first-order valence-corrected chi connectivity index (χ1v) is 6.12. The molecule has 1 aromatic carbocycles. The molecule has 6 heteroatoms. The number of nitrogens with two attached hydrogens (primary N) is 1. The average Bonchev–Trinajstić information content (AvgIpc) is 2.74. The third kappa shape index (κ3) is 2.85. The number of fused-ring (bicyclic) bond motifs is 1. The Balaban J connectivity index is 2.26. The predicted molar refractivity (Wildman–Crippen MR) is 74.0 cm³/mol. The lowest BCUT2D eigenvalue weighted by Crippen LogP contribution is -2.39. The smallest absolute Gasteiger partial charge is 0.323 e. The van der Waals surface area contributed by atoms with Gasteiger partial charge >= 0.3 is 5.69 Å². The van der Waals surface area contributed by atoms with E-state index in [4.69, 9.17) is 5.73 Å². The van der Waals surface area contributed by atoms with E-state index in [0.717, 1.165) is 16.6 Å². The van der Waals surface area contributed by atoms with Gasteiger partial charge in [-0.1, -0.05) is 19.9 Å². The van der Waals surface area contributed by atoms with Crippen molar-refractivity contribution in [2.45, 2.75) is 19.3 Å². The number of hydrogen-bond acceptors (Lipinski definition) is 3. The number of benzene rings is 1. The summed E-state index contributed by atoms with van der Waals surface area (Å²) in [4.78, 5) is 27.9. The Morgan fingerprint density at radius 1 is 1.32 bits per heavy atom. The highest BCUT2D eigenvalue weighted by Crippen LogP contribution is 2.24. The first kappa shape index (κ1) is 13.4. The number of nitrogens with one attached hydrogen (secondary N) is 3. The van der Waals surface area contributed by atoms with Crippen LogP contribution in [0.2, 0.25) is 0 Å². The summed E-state index contributed by atoms with van der Waals surface area (Å²) < 4.78 is 0. The quantitative estimate of drug-likeness (QED) is 0.633. The number of aromatic nitrogens is 2. The highest BCUT2D eigenvalue weighted by atomic mass is 16.2. The summed E-state index contributed by atoms with van der Waals surface area (Å²) in [5.41, 5.74) is 7.37. The number of hydrogen-bond donors (Lipinski definition) is 4. The molecule has 0 aliphatic heterocycles. The molecule has 0 saturated carbocycles. The van der Waals surface area contributed by atoms with Crippen LogP contribution >= 0.6 is 0 Å². The fourth-order valence-electron chi connectivity index (χ4n) is 1.95. The molecule has 0 spiro atoms. The van der Waals surface area contributed by atoms with Crippen molar-refractivity contribution in [3.05, 3.63) is 34.2 Å². The van der Waals surface area contributed by atoms with Crippen molar-refractivity contribution < 1.29 is 4.79 Å². The van der Waals surface area contributed by atoms with Crippen molar-refractivity contribution in [2.24, 2.45) is 5.73 Å². The van der Waals surface area contributed by atoms with Crippen LogP contribution in [-0.4, -0.2) is 29.0 Å². The van der Waals surface area contributed by atoms with Gasteiger partial charge in [0, 0.05) is 12.0 Å². The van der Waals surface area contributed by atoms with Crippen LogP contribution in [0.5, 0.6) is 0 Å². The minimum Gasteiger partial charge on any atom is -0.354 e. The maximum Gasteiger partial charge on any atom is 0.323 e. The lowest BCUT2D eigenvalue weighted by molar-refractivity contribution is -0.119. The first-order chi connectivity index (χ1) is 8.92. The molecule has 102 valence electrons. The second-order valence-corrected chi connectivity index (χ2v) is 5.20. The Morgan fingerprint density at radius 3 is 2.68 bits per heavy atom. The molecule has 5 N–H and O–H groups in total. The maximum atomic E-state index is 11.2. The SMILES string of the molecule is CC(C)(CNC(=O)CN)c1ccc2[nH]c(=O)[nH]c2c1. The molecule has 0 radical (unpaired) electrons. The third-order valence-corrected chi connectivity index (χ3v) is 3.21. The molecule has 1 amide bonds. The summed E-state index contributed by atoms with van der Waals surface area (Å²) in [6.07, 6.45) is 0. The largest absolute Gasteiger partial charge is 0.354 e. The summed E-state index contributed by atoms with van der Waals surface area (Å²) in [6, 6.07) is 5.72. The van der Waals surface area contributed by atoms with Gasteiger partial charge in [0.1, 0.15) is 0 Å². The van der Waals surface area contributed by atoms with Gasteiger partial charge in [-0.25, -0.2) is 4.79 Å². The summed E-state index contributed by atoms with van der Waals surface area (Å²) in [5.74, 6) is -0.177. The Bertz CT molecular complexity index is 654. The summed E-state index contributed by atoms with van der Waals surface area (Å²) in [5, 5.41) is 2.78. The number of aromatic amines is 2. The molecular formula is C13H18N4O2. The van der Waals surface area contributed by atoms with Gasteiger partial charge in [0.15, 0.2) is 0 Å². The lowest BCUT2D eigenvalue weighted by atomic mass is 9.84. The number of carbonyl (C=O) groups is 1. The minimum absolute atomic E-state index is 0.0136. The van der Waals surface area contributed by atoms with Gasteiger partial charge in [0.25, 0.3) is 0 Å². The molecule has 2 rings (SSSR count). The fourth-order valence-corrected chi connectivity index (χ4v) is 1.95. The van der Waals surface area contributed by atoms with Gasteiger partial charge in [-0.15, -0.1) is 0 Å². The topological polar surface area (TPSA) is 104 Å². The van der Waals surface area contributed by atoms with Crippen molar-refractivity contribution >= 4 is 16.9 Å². The molecule has 2 aromatic rings. The van der Waals surface area contributed by atoms with Gasteiger partial charge in [0.2, 0.25) is 5.91 Å². The van der Waals surface area contributed by atoms with Crippen LogP contribution in [0.3, 0.4) is 0 Å². The van der Waals surface area contributed by atoms with E-state index >= 15 is 0 Å². The standard InChI is InChI=1S/C13H18N4O2/c1-13(2,7-15-11(18)6-14)8-3-4-9-10(5-8)17-12(19)16-9/h3-5H,6-7,14H2,1-2H3,(H,15,18)(H2,16,17,19). The Labute approximate surface area is 110 Å². The lowest BCUT2D eigenvalue weighted by Gasteiger charge is -2.25. The second kappa shape index (κ2) is 4.89. The van der Waals surface area contributed by atoms with Crippen LogP contribution in [0, 0.1) is 0 Å². The van der Waals surface area contributed by atoms with E-state index in [1.165, 1.54) is 0 Å². The van der Waals surface area contributed by atoms with Crippen LogP contribution < -0.4 is 16.7 Å². The van der Waals surface area contributed by atoms with E-state index in [0.29, 0.717) is 6.54 Å². The fraction of sp³-hybridized carbons (Fsp3) is 0.385. The Morgan fingerprint density at radius 2 is 2.00 bits per heavy atom.